The number of halogens is 1. The van der Waals surface area contributed by atoms with Crippen LogP contribution >= 0.6 is 22.6 Å². The van der Waals surface area contributed by atoms with Gasteiger partial charge in [0.05, 0.1) is 9.26 Å². The molecule has 0 aliphatic carbocycles. The molecule has 0 bridgehead atoms. The molecular formula is C10H12IN5O. The van der Waals surface area contributed by atoms with Crippen molar-refractivity contribution < 1.29 is 0 Å². The zero-order valence-electron chi connectivity index (χ0n) is 9.49. The first kappa shape index (κ1) is 12.2. The van der Waals surface area contributed by atoms with E-state index in [1.54, 1.807) is 0 Å². The molecule has 0 unspecified atom stereocenters. The van der Waals surface area contributed by atoms with Crippen LogP contribution in [-0.4, -0.2) is 25.1 Å². The van der Waals surface area contributed by atoms with Gasteiger partial charge in [0.15, 0.2) is 11.6 Å². The molecule has 0 aromatic carbocycles. The van der Waals surface area contributed by atoms with Gasteiger partial charge in [-0.05, 0) is 34.9 Å². The second-order valence-electron chi connectivity index (χ2n) is 4.11. The van der Waals surface area contributed by atoms with Gasteiger partial charge in [-0.25, -0.2) is 9.97 Å². The second-order valence-corrected chi connectivity index (χ2v) is 5.19. The summed E-state index contributed by atoms with van der Waals surface area (Å²) in [6.45, 7) is 4.18. The third-order valence-corrected chi connectivity index (χ3v) is 3.28. The number of hydrogen-bond donors (Lipinski definition) is 2. The fourth-order valence-corrected chi connectivity index (χ4v) is 1.93. The first-order chi connectivity index (χ1) is 8.08. The molecular weight excluding hydrogens is 333 g/mol. The third-order valence-electron chi connectivity index (χ3n) is 2.17. The lowest BCUT2D eigenvalue weighted by Crippen LogP contribution is -2.17. The van der Waals surface area contributed by atoms with E-state index in [-0.39, 0.29) is 5.56 Å². The summed E-state index contributed by atoms with van der Waals surface area (Å²) in [6, 6.07) is 0. The van der Waals surface area contributed by atoms with Crippen LogP contribution in [-0.2, 0) is 6.42 Å². The molecule has 0 radical (unpaired) electrons. The Hall–Kier alpha value is -1.25. The highest BCUT2D eigenvalue weighted by Crippen LogP contribution is 2.13. The average Bonchev–Trinajstić information content (AvgIpc) is 2.77. The Kier molecular flexibility index (Phi) is 3.55. The first-order valence-corrected chi connectivity index (χ1v) is 6.30. The quantitative estimate of drug-likeness (QED) is 0.823. The summed E-state index contributed by atoms with van der Waals surface area (Å²) in [4.78, 5) is 22.9. The molecule has 6 nitrogen and oxygen atoms in total. The standard InChI is InChI=1S/C10H12IN5O/c1-5(2)3-6-7(11)10(17)15-9(14-6)8-12-4-13-16-8/h4-5H,3H2,1-2H3,(H,12,13,16)(H,14,15,17). The lowest BCUT2D eigenvalue weighted by molar-refractivity contribution is 0.630. The molecule has 0 amide bonds. The Balaban J connectivity index is 2.50. The van der Waals surface area contributed by atoms with Crippen molar-refractivity contribution in [2.45, 2.75) is 20.3 Å². The van der Waals surface area contributed by atoms with Crippen molar-refractivity contribution in [3.63, 3.8) is 0 Å². The number of aromatic amines is 2. The van der Waals surface area contributed by atoms with Gasteiger partial charge < -0.3 is 4.98 Å². The van der Waals surface area contributed by atoms with Crippen molar-refractivity contribution >= 4 is 22.6 Å². The minimum Gasteiger partial charge on any atom is -0.303 e. The number of H-pyrrole nitrogens is 2. The van der Waals surface area contributed by atoms with E-state index in [1.807, 2.05) is 22.6 Å². The molecule has 0 spiro atoms. The van der Waals surface area contributed by atoms with Crippen molar-refractivity contribution in [2.24, 2.45) is 5.92 Å². The smallest absolute Gasteiger partial charge is 0.264 e. The van der Waals surface area contributed by atoms with Gasteiger partial charge in [-0.2, -0.15) is 5.10 Å². The van der Waals surface area contributed by atoms with E-state index in [9.17, 15) is 4.79 Å². The van der Waals surface area contributed by atoms with Crippen LogP contribution in [0.2, 0.25) is 0 Å². The summed E-state index contributed by atoms with van der Waals surface area (Å²) in [7, 11) is 0. The number of rotatable bonds is 3. The molecule has 0 fully saturated rings. The van der Waals surface area contributed by atoms with E-state index in [0.717, 1.165) is 12.1 Å². The molecule has 2 rings (SSSR count). The van der Waals surface area contributed by atoms with Gasteiger partial charge in [0, 0.05) is 0 Å². The summed E-state index contributed by atoms with van der Waals surface area (Å²) in [5.74, 6) is 1.35. The summed E-state index contributed by atoms with van der Waals surface area (Å²) >= 11 is 2.02. The van der Waals surface area contributed by atoms with E-state index >= 15 is 0 Å². The number of nitrogens with zero attached hydrogens (tertiary/aromatic N) is 3. The van der Waals surface area contributed by atoms with Crippen LogP contribution in [0.3, 0.4) is 0 Å². The second kappa shape index (κ2) is 4.94. The third kappa shape index (κ3) is 2.71. The van der Waals surface area contributed by atoms with E-state index < -0.39 is 0 Å². The monoisotopic (exact) mass is 345 g/mol. The van der Waals surface area contributed by atoms with Gasteiger partial charge >= 0.3 is 0 Å². The molecule has 2 N–H and O–H groups in total. The minimum atomic E-state index is -0.136. The largest absolute Gasteiger partial charge is 0.303 e. The molecule has 0 aliphatic rings. The van der Waals surface area contributed by atoms with Crippen LogP contribution in [0, 0.1) is 9.49 Å². The SMILES string of the molecule is CC(C)Cc1nc(-c2ncn[nH]2)[nH]c(=O)c1I. The highest BCUT2D eigenvalue weighted by atomic mass is 127. The van der Waals surface area contributed by atoms with E-state index in [0.29, 0.717) is 21.1 Å². The van der Waals surface area contributed by atoms with Crippen LogP contribution < -0.4 is 5.56 Å². The maximum absolute atomic E-state index is 11.8. The topological polar surface area (TPSA) is 87.3 Å². The highest BCUT2D eigenvalue weighted by Gasteiger charge is 2.12. The Morgan fingerprint density at radius 2 is 2.18 bits per heavy atom. The average molecular weight is 345 g/mol. The highest BCUT2D eigenvalue weighted by molar-refractivity contribution is 14.1. The molecule has 0 saturated carbocycles. The normalized spacial score (nSPS) is 11.1. The maximum Gasteiger partial charge on any atom is 0.264 e. The molecule has 2 heterocycles. The molecule has 2 aromatic rings. The summed E-state index contributed by atoms with van der Waals surface area (Å²) in [5, 5.41) is 6.43. The predicted molar refractivity (Wildman–Crippen MR) is 71.5 cm³/mol. The van der Waals surface area contributed by atoms with Crippen LogP contribution in [0.4, 0.5) is 0 Å². The molecule has 0 saturated heterocycles. The van der Waals surface area contributed by atoms with Gasteiger partial charge in [-0.15, -0.1) is 0 Å². The van der Waals surface area contributed by atoms with Crippen molar-refractivity contribution in [3.8, 4) is 11.6 Å². The minimum absolute atomic E-state index is 0.136. The van der Waals surface area contributed by atoms with Crippen LogP contribution in [0.5, 0.6) is 0 Å². The van der Waals surface area contributed by atoms with Crippen LogP contribution in [0.15, 0.2) is 11.1 Å². The maximum atomic E-state index is 11.8. The lowest BCUT2D eigenvalue weighted by atomic mass is 10.1. The lowest BCUT2D eigenvalue weighted by Gasteiger charge is -2.07. The summed E-state index contributed by atoms with van der Waals surface area (Å²) in [5.41, 5.74) is 0.665. The van der Waals surface area contributed by atoms with Crippen molar-refractivity contribution in [3.05, 3.63) is 25.9 Å². The number of nitrogens with one attached hydrogen (secondary N) is 2. The van der Waals surface area contributed by atoms with Gasteiger partial charge in [-0.3, -0.25) is 9.89 Å². The van der Waals surface area contributed by atoms with Crippen molar-refractivity contribution in [2.75, 3.05) is 0 Å². The van der Waals surface area contributed by atoms with Crippen molar-refractivity contribution in [1.29, 1.82) is 0 Å². The molecule has 0 aliphatic heterocycles. The zero-order valence-corrected chi connectivity index (χ0v) is 11.6. The van der Waals surface area contributed by atoms with Gasteiger partial charge in [0.2, 0.25) is 0 Å². The van der Waals surface area contributed by atoms with Crippen LogP contribution in [0.1, 0.15) is 19.5 Å². The van der Waals surface area contributed by atoms with Gasteiger partial charge in [0.25, 0.3) is 5.56 Å². The number of hydrogen-bond acceptors (Lipinski definition) is 4. The van der Waals surface area contributed by atoms with E-state index in [4.69, 9.17) is 0 Å². The molecule has 90 valence electrons. The molecule has 0 atom stereocenters. The van der Waals surface area contributed by atoms with Crippen molar-refractivity contribution in [1.82, 2.24) is 25.1 Å². The summed E-state index contributed by atoms with van der Waals surface area (Å²) in [6.07, 6.45) is 2.15. The van der Waals surface area contributed by atoms with Gasteiger partial charge in [0.1, 0.15) is 6.33 Å². The Labute approximate surface area is 111 Å². The Morgan fingerprint density at radius 1 is 1.41 bits per heavy atom. The van der Waals surface area contributed by atoms with Crippen LogP contribution in [0.25, 0.3) is 11.6 Å². The van der Waals surface area contributed by atoms with E-state index in [1.165, 1.54) is 6.33 Å². The molecule has 7 heteroatoms. The number of aromatic nitrogens is 5. The Morgan fingerprint density at radius 3 is 2.76 bits per heavy atom. The first-order valence-electron chi connectivity index (χ1n) is 5.22. The molecule has 2 aromatic heterocycles. The Bertz CT molecular complexity index is 561. The molecule has 17 heavy (non-hydrogen) atoms. The van der Waals surface area contributed by atoms with Gasteiger partial charge in [-0.1, -0.05) is 13.8 Å². The fraction of sp³-hybridized carbons (Fsp3) is 0.400. The summed E-state index contributed by atoms with van der Waals surface area (Å²) < 4.78 is 0.638. The van der Waals surface area contributed by atoms with E-state index in [2.05, 4.69) is 39.0 Å². The predicted octanol–water partition coefficient (Wildman–Crippen LogP) is 1.36. The zero-order chi connectivity index (χ0) is 12.4. The fourth-order valence-electron chi connectivity index (χ4n) is 1.46.